The minimum Gasteiger partial charge on any atom is -0.237 e. The van der Waals surface area contributed by atoms with Crippen LogP contribution in [0.15, 0.2) is 109 Å². The molecular weight excluding hydrogens is 579 g/mol. The molecule has 13 heteroatoms. The minimum atomic E-state index is -3.06. The van der Waals surface area contributed by atoms with Gasteiger partial charge in [-0.2, -0.15) is 13.5 Å². The molecule has 182 valence electrons. The zero-order chi connectivity index (χ0) is 24.2. The van der Waals surface area contributed by atoms with Crippen molar-refractivity contribution in [2.75, 3.05) is 26.2 Å². The van der Waals surface area contributed by atoms with E-state index in [-0.39, 0.29) is 0 Å². The Bertz CT molecular complexity index is 1380. The van der Waals surface area contributed by atoms with E-state index in [9.17, 15) is 0 Å². The maximum absolute atomic E-state index is 7.14. The lowest BCUT2D eigenvalue weighted by Gasteiger charge is -2.33. The van der Waals surface area contributed by atoms with E-state index >= 15 is 0 Å². The lowest BCUT2D eigenvalue weighted by Crippen LogP contribution is -2.25. The van der Waals surface area contributed by atoms with Crippen LogP contribution >= 0.6 is 60.9 Å². The molecular formula is C22H23Cl3N6P4. The fourth-order valence-electron chi connectivity index (χ4n) is 4.13. The SMILES string of the molecule is ClP1(Cl)=N[P@](Cl)(N2CC2)=N[P@](N=P(c2ccccc2)(c2ccccc2)c2ccccc2)(N2CC2)=N1. The molecule has 0 amide bonds. The predicted octanol–water partition coefficient (Wildman–Crippen LogP) is 8.36. The first-order valence-corrected chi connectivity index (χ1v) is 20.6. The largest absolute Gasteiger partial charge is 0.264 e. The highest BCUT2D eigenvalue weighted by Crippen LogP contribution is 2.88. The Kier molecular flexibility index (Phi) is 6.55. The third-order valence-corrected chi connectivity index (χ3v) is 23.1. The van der Waals surface area contributed by atoms with Crippen molar-refractivity contribution in [3.63, 3.8) is 0 Å². The zero-order valence-corrected chi connectivity index (χ0v) is 24.4. The quantitative estimate of drug-likeness (QED) is 0.211. The van der Waals surface area contributed by atoms with Crippen molar-refractivity contribution in [3.8, 4) is 0 Å². The number of hydrogen-bond acceptors (Lipinski definition) is 6. The molecule has 3 aliphatic heterocycles. The number of halogens is 3. The Hall–Kier alpha value is -0.630. The van der Waals surface area contributed by atoms with Crippen molar-refractivity contribution in [3.05, 3.63) is 91.0 Å². The van der Waals surface area contributed by atoms with E-state index in [0.717, 1.165) is 42.1 Å². The molecule has 0 unspecified atom stereocenters. The standard InChI is InChI=1S/C22H23Cl3N6P4/c23-33(24)27-34(25,30-16-17-30)29-35(28-33,31-18-19-31)26-32(20-10-4-1-5-11-20,21-12-6-2-7-13-21)22-14-8-3-9-15-22/h1-15H,16-19H2/t34-,35+/m0/s1. The number of hydrogen-bond donors (Lipinski definition) is 0. The Morgan fingerprint density at radius 3 is 1.43 bits per heavy atom. The third-order valence-electron chi connectivity index (χ3n) is 5.91. The Morgan fingerprint density at radius 1 is 0.600 bits per heavy atom. The van der Waals surface area contributed by atoms with Gasteiger partial charge in [-0.3, -0.25) is 0 Å². The molecule has 0 aromatic heterocycles. The van der Waals surface area contributed by atoms with Crippen LogP contribution in [0.5, 0.6) is 0 Å². The molecule has 0 radical (unpaired) electrons. The normalized spacial score (nSPS) is 27.7. The van der Waals surface area contributed by atoms with Crippen LogP contribution in [0.25, 0.3) is 0 Å². The highest BCUT2D eigenvalue weighted by molar-refractivity contribution is 8.15. The average Bonchev–Trinajstić information content (AvgIpc) is 3.75. The summed E-state index contributed by atoms with van der Waals surface area (Å²) in [7, 11) is -5.48. The minimum absolute atomic E-state index is 0.841. The summed E-state index contributed by atoms with van der Waals surface area (Å²) in [5.74, 6) is -3.06. The molecule has 3 aromatic carbocycles. The van der Waals surface area contributed by atoms with E-state index in [1.165, 1.54) is 0 Å². The molecule has 0 saturated carbocycles. The maximum Gasteiger partial charge on any atom is 0.264 e. The van der Waals surface area contributed by atoms with Crippen molar-refractivity contribution >= 4 is 76.8 Å². The van der Waals surface area contributed by atoms with Gasteiger partial charge in [0.15, 0.2) is 0 Å². The van der Waals surface area contributed by atoms with Gasteiger partial charge in [0.1, 0.15) is 0 Å². The van der Waals surface area contributed by atoms with Gasteiger partial charge < -0.3 is 0 Å². The second-order valence-electron chi connectivity index (χ2n) is 8.39. The van der Waals surface area contributed by atoms with Gasteiger partial charge >= 0.3 is 0 Å². The first kappa shape index (κ1) is 24.7. The highest BCUT2D eigenvalue weighted by Gasteiger charge is 2.48. The lowest BCUT2D eigenvalue weighted by molar-refractivity contribution is 0.891. The van der Waals surface area contributed by atoms with Crippen LogP contribution in [0, 0.1) is 0 Å². The fraction of sp³-hybridized carbons (Fsp3) is 0.182. The number of benzene rings is 3. The smallest absolute Gasteiger partial charge is 0.237 e. The molecule has 2 fully saturated rings. The molecule has 2 atom stereocenters. The van der Waals surface area contributed by atoms with Crippen LogP contribution in [0.1, 0.15) is 0 Å². The van der Waals surface area contributed by atoms with Gasteiger partial charge in [-0.1, -0.05) is 91.0 Å². The average molecular weight is 602 g/mol. The van der Waals surface area contributed by atoms with Crippen LogP contribution in [0.3, 0.4) is 0 Å². The fourth-order valence-corrected chi connectivity index (χ4v) is 24.9. The van der Waals surface area contributed by atoms with Gasteiger partial charge in [0.2, 0.25) is 6.71 Å². The molecule has 2 saturated heterocycles. The van der Waals surface area contributed by atoms with E-state index < -0.39 is 27.2 Å². The van der Waals surface area contributed by atoms with Crippen molar-refractivity contribution in [2.24, 2.45) is 18.1 Å². The molecule has 0 bridgehead atoms. The molecule has 0 spiro atoms. The summed E-state index contributed by atoms with van der Waals surface area (Å²) in [5, 5.41) is 3.39. The van der Waals surface area contributed by atoms with Gasteiger partial charge in [0, 0.05) is 42.1 Å². The van der Waals surface area contributed by atoms with E-state index in [4.69, 9.17) is 47.3 Å². The Balaban J connectivity index is 1.79. The predicted molar refractivity (Wildman–Crippen MR) is 156 cm³/mol. The summed E-state index contributed by atoms with van der Waals surface area (Å²) in [4.78, 5) is 0. The Labute approximate surface area is 220 Å². The molecule has 3 aromatic rings. The monoisotopic (exact) mass is 600 g/mol. The number of nitrogens with zero attached hydrogens (tertiary/aromatic N) is 6. The topological polar surface area (TPSA) is 55.5 Å². The highest BCUT2D eigenvalue weighted by atomic mass is 35.9. The first-order valence-electron chi connectivity index (χ1n) is 11.2. The van der Waals surface area contributed by atoms with Crippen molar-refractivity contribution in [1.29, 1.82) is 0 Å². The van der Waals surface area contributed by atoms with Crippen LogP contribution in [-0.4, -0.2) is 35.5 Å². The van der Waals surface area contributed by atoms with Crippen LogP contribution in [-0.2, 0) is 0 Å². The molecule has 6 nitrogen and oxygen atoms in total. The van der Waals surface area contributed by atoms with Crippen molar-refractivity contribution in [2.45, 2.75) is 0 Å². The summed E-state index contributed by atoms with van der Waals surface area (Å²) in [6.07, 6.45) is 0. The zero-order valence-electron chi connectivity index (χ0n) is 18.6. The van der Waals surface area contributed by atoms with Gasteiger partial charge in [0.05, 0.1) is 7.05 Å². The molecule has 0 aliphatic carbocycles. The van der Waals surface area contributed by atoms with E-state index in [1.807, 2.05) is 18.2 Å². The van der Waals surface area contributed by atoms with E-state index in [1.54, 1.807) is 0 Å². The summed E-state index contributed by atoms with van der Waals surface area (Å²) in [5.41, 5.74) is 0. The van der Waals surface area contributed by atoms with Crippen LogP contribution in [0.2, 0.25) is 0 Å². The summed E-state index contributed by atoms with van der Waals surface area (Å²) < 4.78 is 25.0. The molecule has 35 heavy (non-hydrogen) atoms. The van der Waals surface area contributed by atoms with Crippen LogP contribution in [0.4, 0.5) is 0 Å². The van der Waals surface area contributed by atoms with E-state index in [0.29, 0.717) is 0 Å². The van der Waals surface area contributed by atoms with E-state index in [2.05, 4.69) is 86.7 Å². The maximum atomic E-state index is 7.14. The summed E-state index contributed by atoms with van der Waals surface area (Å²) >= 11 is 20.7. The van der Waals surface area contributed by atoms with Crippen LogP contribution < -0.4 is 15.9 Å². The molecule has 6 rings (SSSR count). The molecule has 3 aliphatic rings. The molecule has 3 heterocycles. The molecule has 0 N–H and O–H groups in total. The second-order valence-corrected chi connectivity index (χ2v) is 22.9. The summed E-state index contributed by atoms with van der Waals surface area (Å²) in [6.45, 7) is 0.602. The van der Waals surface area contributed by atoms with Gasteiger partial charge in [-0.15, -0.1) is 0 Å². The van der Waals surface area contributed by atoms with Gasteiger partial charge in [0.25, 0.3) is 13.4 Å². The van der Waals surface area contributed by atoms with Crippen molar-refractivity contribution < 1.29 is 0 Å². The van der Waals surface area contributed by atoms with Crippen molar-refractivity contribution in [1.82, 2.24) is 9.34 Å². The third kappa shape index (κ3) is 4.72. The van der Waals surface area contributed by atoms with Gasteiger partial charge in [-0.25, -0.2) is 13.9 Å². The Morgan fingerprint density at radius 2 is 1.03 bits per heavy atom. The number of rotatable bonds is 6. The lowest BCUT2D eigenvalue weighted by atomic mass is 10.4. The van der Waals surface area contributed by atoms with Gasteiger partial charge in [-0.05, 0) is 33.7 Å². The summed E-state index contributed by atoms with van der Waals surface area (Å²) in [6, 6.07) is 31.4. The first-order chi connectivity index (χ1) is 16.9. The second kappa shape index (κ2) is 9.28.